The number of nitrogens with one attached hydrogen (secondary N) is 1. The van der Waals surface area contributed by atoms with Gasteiger partial charge in [-0.3, -0.25) is 4.79 Å². The smallest absolute Gasteiger partial charge is 0.317 e. The van der Waals surface area contributed by atoms with E-state index in [1.165, 1.54) is 0 Å². The van der Waals surface area contributed by atoms with Crippen molar-refractivity contribution < 1.29 is 19.4 Å². The number of carboxylic acids is 1. The summed E-state index contributed by atoms with van der Waals surface area (Å²) in [4.78, 5) is 24.5. The first-order chi connectivity index (χ1) is 10.4. The summed E-state index contributed by atoms with van der Waals surface area (Å²) in [7, 11) is 0. The molecule has 1 aliphatic heterocycles. The zero-order chi connectivity index (χ0) is 16.2. The number of carbonyl (C=O) groups is 2. The minimum atomic E-state index is -0.854. The predicted octanol–water partition coefficient (Wildman–Crippen LogP) is 2.23. The molecular weight excluding hydrogens is 284 g/mol. The number of amides is 2. The third-order valence-corrected chi connectivity index (χ3v) is 3.42. The van der Waals surface area contributed by atoms with Gasteiger partial charge in [0.1, 0.15) is 11.4 Å². The molecule has 0 spiro atoms. The lowest BCUT2D eigenvalue weighted by atomic mass is 10.1. The van der Waals surface area contributed by atoms with E-state index in [1.54, 1.807) is 4.90 Å². The number of carbonyl (C=O) groups excluding carboxylic acids is 1. The molecule has 1 aromatic rings. The first-order valence-corrected chi connectivity index (χ1v) is 7.39. The molecular formula is C16H22N2O4. The topological polar surface area (TPSA) is 78.9 Å². The fourth-order valence-corrected chi connectivity index (χ4v) is 2.48. The molecule has 0 unspecified atom stereocenters. The summed E-state index contributed by atoms with van der Waals surface area (Å²) in [5, 5.41) is 11.4. The van der Waals surface area contributed by atoms with Gasteiger partial charge in [-0.1, -0.05) is 18.2 Å². The third kappa shape index (κ3) is 4.38. The Labute approximate surface area is 130 Å². The van der Waals surface area contributed by atoms with Crippen LogP contribution in [0.25, 0.3) is 0 Å². The lowest BCUT2D eigenvalue weighted by Gasteiger charge is -2.29. The van der Waals surface area contributed by atoms with Crippen molar-refractivity contribution in [1.82, 2.24) is 10.2 Å². The van der Waals surface area contributed by atoms with Gasteiger partial charge in [0.05, 0.1) is 13.1 Å². The van der Waals surface area contributed by atoms with Crippen molar-refractivity contribution in [2.45, 2.75) is 38.8 Å². The van der Waals surface area contributed by atoms with Crippen LogP contribution in [0.3, 0.4) is 0 Å². The summed E-state index contributed by atoms with van der Waals surface area (Å²) in [6.07, 6.45) is 0.475. The Kier molecular flexibility index (Phi) is 4.90. The number of nitrogens with zero attached hydrogens (tertiary/aromatic N) is 1. The Bertz CT molecular complexity index is 557. The number of carboxylic acid groups (broad SMARTS) is 1. The average molecular weight is 306 g/mol. The van der Waals surface area contributed by atoms with Gasteiger partial charge in [0.2, 0.25) is 0 Å². The summed E-state index contributed by atoms with van der Waals surface area (Å²) in [5.74, 6) is -0.0545. The summed E-state index contributed by atoms with van der Waals surface area (Å²) in [6, 6.07) is 7.49. The molecule has 2 rings (SSSR count). The largest absolute Gasteiger partial charge is 0.486 e. The molecule has 0 atom stereocenters. The number of hydrogen-bond donors (Lipinski definition) is 2. The van der Waals surface area contributed by atoms with Crippen LogP contribution in [-0.2, 0) is 11.3 Å². The maximum Gasteiger partial charge on any atom is 0.317 e. The quantitative estimate of drug-likeness (QED) is 0.836. The van der Waals surface area contributed by atoms with Gasteiger partial charge < -0.3 is 20.1 Å². The Morgan fingerprint density at radius 3 is 2.82 bits per heavy atom. The fourth-order valence-electron chi connectivity index (χ4n) is 2.48. The van der Waals surface area contributed by atoms with Crippen LogP contribution in [0.2, 0.25) is 0 Å². The van der Waals surface area contributed by atoms with E-state index in [4.69, 9.17) is 9.84 Å². The van der Waals surface area contributed by atoms with E-state index < -0.39 is 11.6 Å². The van der Waals surface area contributed by atoms with E-state index in [9.17, 15) is 9.59 Å². The number of ether oxygens (including phenoxy) is 1. The maximum absolute atomic E-state index is 12.3. The van der Waals surface area contributed by atoms with Gasteiger partial charge in [0, 0.05) is 18.5 Å². The molecule has 0 aliphatic carbocycles. The number of para-hydroxylation sites is 1. The van der Waals surface area contributed by atoms with Crippen LogP contribution in [0.1, 0.15) is 32.3 Å². The van der Waals surface area contributed by atoms with Crippen molar-refractivity contribution in [3.8, 4) is 5.75 Å². The molecule has 6 nitrogen and oxygen atoms in total. The predicted molar refractivity (Wildman–Crippen MR) is 81.8 cm³/mol. The van der Waals surface area contributed by atoms with Gasteiger partial charge >= 0.3 is 12.0 Å². The summed E-state index contributed by atoms with van der Waals surface area (Å²) in [5.41, 5.74) is 0.485. The zero-order valence-corrected chi connectivity index (χ0v) is 13.0. The van der Waals surface area contributed by atoms with Crippen molar-refractivity contribution in [2.75, 3.05) is 13.1 Å². The minimum Gasteiger partial charge on any atom is -0.486 e. The molecule has 2 N–H and O–H groups in total. The third-order valence-electron chi connectivity index (χ3n) is 3.42. The van der Waals surface area contributed by atoms with E-state index in [2.05, 4.69) is 5.32 Å². The van der Waals surface area contributed by atoms with Crippen molar-refractivity contribution in [1.29, 1.82) is 0 Å². The molecule has 1 aliphatic rings. The van der Waals surface area contributed by atoms with Crippen LogP contribution in [0.15, 0.2) is 24.3 Å². The van der Waals surface area contributed by atoms with Gasteiger partial charge in [-0.05, 0) is 26.3 Å². The summed E-state index contributed by atoms with van der Waals surface area (Å²) in [6.45, 7) is 5.18. The number of benzene rings is 1. The Hall–Kier alpha value is -2.24. The molecule has 0 fully saturated rings. The van der Waals surface area contributed by atoms with Crippen LogP contribution >= 0.6 is 0 Å². The van der Waals surface area contributed by atoms with Crippen molar-refractivity contribution >= 4 is 12.0 Å². The Balaban J connectivity index is 2.01. The monoisotopic (exact) mass is 306 g/mol. The van der Waals surface area contributed by atoms with Crippen molar-refractivity contribution in [3.63, 3.8) is 0 Å². The molecule has 22 heavy (non-hydrogen) atoms. The molecule has 0 saturated heterocycles. The minimum absolute atomic E-state index is 0.0533. The number of hydrogen-bond acceptors (Lipinski definition) is 3. The number of aliphatic carboxylic acids is 1. The molecule has 1 aromatic carbocycles. The van der Waals surface area contributed by atoms with Gasteiger partial charge in [0.15, 0.2) is 0 Å². The molecule has 0 saturated carbocycles. The Morgan fingerprint density at radius 2 is 2.09 bits per heavy atom. The average Bonchev–Trinajstić information content (AvgIpc) is 2.57. The summed E-state index contributed by atoms with van der Waals surface area (Å²) < 4.78 is 5.98. The maximum atomic E-state index is 12.3. The second-order valence-electron chi connectivity index (χ2n) is 6.05. The zero-order valence-electron chi connectivity index (χ0n) is 13.0. The number of fused-ring (bicyclic) bond motifs is 1. The highest BCUT2D eigenvalue weighted by Crippen LogP contribution is 2.29. The second-order valence-corrected chi connectivity index (χ2v) is 6.05. The van der Waals surface area contributed by atoms with E-state index in [0.717, 1.165) is 11.3 Å². The van der Waals surface area contributed by atoms with Gasteiger partial charge in [-0.25, -0.2) is 4.79 Å². The standard InChI is InChI=1S/C16H22N2O4/c1-16(2)11-18(15(21)17-9-5-8-14(19)20)10-12-6-3-4-7-13(12)22-16/h3-4,6-7H,5,8-11H2,1-2H3,(H,17,21)(H,19,20). The van der Waals surface area contributed by atoms with Crippen molar-refractivity contribution in [3.05, 3.63) is 29.8 Å². The van der Waals surface area contributed by atoms with Crippen LogP contribution in [0, 0.1) is 0 Å². The van der Waals surface area contributed by atoms with Crippen LogP contribution in [-0.4, -0.2) is 40.7 Å². The summed E-state index contributed by atoms with van der Waals surface area (Å²) >= 11 is 0. The van der Waals surface area contributed by atoms with Crippen molar-refractivity contribution in [2.24, 2.45) is 0 Å². The number of urea groups is 1. The lowest BCUT2D eigenvalue weighted by molar-refractivity contribution is -0.137. The highest BCUT2D eigenvalue weighted by atomic mass is 16.5. The van der Waals surface area contributed by atoms with E-state index >= 15 is 0 Å². The lowest BCUT2D eigenvalue weighted by Crippen LogP contribution is -2.47. The van der Waals surface area contributed by atoms with Crippen LogP contribution in [0.4, 0.5) is 4.79 Å². The molecule has 1 heterocycles. The normalized spacial score (nSPS) is 16.2. The fraction of sp³-hybridized carbons (Fsp3) is 0.500. The molecule has 0 radical (unpaired) electrons. The van der Waals surface area contributed by atoms with Crippen LogP contribution in [0.5, 0.6) is 5.75 Å². The SMILES string of the molecule is CC1(C)CN(C(=O)NCCCC(=O)O)Cc2ccccc2O1. The van der Waals surface area contributed by atoms with Gasteiger partial charge in [0.25, 0.3) is 0 Å². The second kappa shape index (κ2) is 6.68. The molecule has 0 aromatic heterocycles. The molecule has 120 valence electrons. The highest BCUT2D eigenvalue weighted by molar-refractivity contribution is 5.74. The molecule has 2 amide bonds. The first kappa shape index (κ1) is 16.1. The molecule has 6 heteroatoms. The van der Waals surface area contributed by atoms with Gasteiger partial charge in [-0.2, -0.15) is 0 Å². The van der Waals surface area contributed by atoms with E-state index in [-0.39, 0.29) is 12.5 Å². The van der Waals surface area contributed by atoms with E-state index in [1.807, 2.05) is 38.1 Å². The Morgan fingerprint density at radius 1 is 1.36 bits per heavy atom. The van der Waals surface area contributed by atoms with Crippen LogP contribution < -0.4 is 10.1 Å². The highest BCUT2D eigenvalue weighted by Gasteiger charge is 2.31. The first-order valence-electron chi connectivity index (χ1n) is 7.39. The van der Waals surface area contributed by atoms with Gasteiger partial charge in [-0.15, -0.1) is 0 Å². The number of rotatable bonds is 4. The van der Waals surface area contributed by atoms with E-state index in [0.29, 0.717) is 26.1 Å². The molecule has 0 bridgehead atoms.